The van der Waals surface area contributed by atoms with Crippen LogP contribution in [0.25, 0.3) is 10.8 Å². The lowest BCUT2D eigenvalue weighted by Gasteiger charge is -2.34. The van der Waals surface area contributed by atoms with Crippen molar-refractivity contribution >= 4 is 20.6 Å². The molecule has 5 atom stereocenters. The number of aromatic nitrogens is 2. The highest BCUT2D eigenvalue weighted by molar-refractivity contribution is 7.92. The predicted molar refractivity (Wildman–Crippen MR) is 158 cm³/mol. The number of sulfone groups is 1. The van der Waals surface area contributed by atoms with Gasteiger partial charge in [0, 0.05) is 43.6 Å². The number of nitrogens with one attached hydrogen (secondary N) is 2. The summed E-state index contributed by atoms with van der Waals surface area (Å²) in [5, 5.41) is 9.17. The van der Waals surface area contributed by atoms with Gasteiger partial charge < -0.3 is 19.9 Å². The summed E-state index contributed by atoms with van der Waals surface area (Å²) in [6, 6.07) is 21.5. The molecule has 0 radical (unpaired) electrons. The number of hydrogen-bond donors (Lipinski definition) is 2. The Bertz CT molecular complexity index is 1520. The van der Waals surface area contributed by atoms with E-state index in [2.05, 4.69) is 57.4 Å². The van der Waals surface area contributed by atoms with Crippen molar-refractivity contribution < 1.29 is 13.2 Å². The van der Waals surface area contributed by atoms with Crippen LogP contribution in [0.15, 0.2) is 90.3 Å². The first kappa shape index (κ1) is 27.0. The Morgan fingerprint density at radius 2 is 1.88 bits per heavy atom. The quantitative estimate of drug-likeness (QED) is 0.239. The number of imidazole rings is 1. The van der Waals surface area contributed by atoms with Crippen LogP contribution in [-0.4, -0.2) is 48.0 Å². The van der Waals surface area contributed by atoms with Gasteiger partial charge in [-0.05, 0) is 65.4 Å². The molecular formula is C32H38N4O3S. The van der Waals surface area contributed by atoms with Gasteiger partial charge in [0.2, 0.25) is 0 Å². The minimum Gasteiger partial charge on any atom is -0.494 e. The van der Waals surface area contributed by atoms with Crippen molar-refractivity contribution in [3.05, 3.63) is 91.0 Å². The maximum absolute atomic E-state index is 14.2. The molecule has 0 spiro atoms. The molecule has 2 saturated heterocycles. The van der Waals surface area contributed by atoms with Crippen molar-refractivity contribution in [1.82, 2.24) is 20.2 Å². The average Bonchev–Trinajstić information content (AvgIpc) is 3.72. The zero-order valence-electron chi connectivity index (χ0n) is 22.9. The summed E-state index contributed by atoms with van der Waals surface area (Å²) in [7, 11) is -3.62. The maximum Gasteiger partial charge on any atom is 0.184 e. The van der Waals surface area contributed by atoms with Gasteiger partial charge in [0.15, 0.2) is 9.84 Å². The smallest absolute Gasteiger partial charge is 0.184 e. The van der Waals surface area contributed by atoms with Gasteiger partial charge >= 0.3 is 0 Å². The Morgan fingerprint density at radius 3 is 2.65 bits per heavy atom. The summed E-state index contributed by atoms with van der Waals surface area (Å²) >= 11 is 0. The molecule has 2 aliphatic rings. The fourth-order valence-corrected chi connectivity index (χ4v) is 8.69. The molecule has 0 saturated carbocycles. The molecule has 0 unspecified atom stereocenters. The standard InChI is InChI=1S/C32H38N4O3S/c1-2-3-6-17-39-27-11-13-28(14-12-27)40(37,38)32-30-26(21-36-16-15-33-22-36)19-29(35-30)31(32)34-20-23-9-10-24-7-4-5-8-25(24)18-23/h4-5,7-16,18,22,26,29-32,34-35H,2-3,6,17,19-21H2,1H3/t26-,29-,30+,31-,32-/m1/s1. The lowest BCUT2D eigenvalue weighted by Crippen LogP contribution is -2.53. The second kappa shape index (κ2) is 11.7. The first-order chi connectivity index (χ1) is 19.5. The van der Waals surface area contributed by atoms with Crippen LogP contribution in [0.3, 0.4) is 0 Å². The van der Waals surface area contributed by atoms with Gasteiger partial charge in [0.05, 0.1) is 23.1 Å². The van der Waals surface area contributed by atoms with E-state index in [1.807, 2.05) is 24.7 Å². The molecule has 0 aliphatic carbocycles. The van der Waals surface area contributed by atoms with E-state index < -0.39 is 15.1 Å². The normalized spacial score (nSPS) is 24.1. The Morgan fingerprint density at radius 1 is 1.05 bits per heavy atom. The number of fused-ring (bicyclic) bond motifs is 3. The Balaban J connectivity index is 1.23. The molecule has 2 aliphatic heterocycles. The maximum atomic E-state index is 14.2. The van der Waals surface area contributed by atoms with E-state index in [1.165, 1.54) is 10.8 Å². The van der Waals surface area contributed by atoms with Crippen molar-refractivity contribution in [1.29, 1.82) is 0 Å². The molecule has 3 aromatic carbocycles. The third-order valence-electron chi connectivity index (χ3n) is 8.50. The first-order valence-corrected chi connectivity index (χ1v) is 16.0. The number of unbranched alkanes of at least 4 members (excludes halogenated alkanes) is 2. The fourth-order valence-electron chi connectivity index (χ4n) is 6.50. The van der Waals surface area contributed by atoms with Gasteiger partial charge in [-0.1, -0.05) is 56.2 Å². The highest BCUT2D eigenvalue weighted by Gasteiger charge is 2.57. The van der Waals surface area contributed by atoms with Gasteiger partial charge in [0.25, 0.3) is 0 Å². The second-order valence-corrected chi connectivity index (χ2v) is 13.3. The Labute approximate surface area is 236 Å². The zero-order chi connectivity index (χ0) is 27.5. The highest BCUT2D eigenvalue weighted by Crippen LogP contribution is 2.41. The van der Waals surface area contributed by atoms with E-state index in [0.717, 1.165) is 37.8 Å². The largest absolute Gasteiger partial charge is 0.494 e. The van der Waals surface area contributed by atoms with Gasteiger partial charge in [-0.3, -0.25) is 0 Å². The number of nitrogens with zero attached hydrogens (tertiary/aromatic N) is 2. The Kier molecular flexibility index (Phi) is 7.91. The van der Waals surface area contributed by atoms with E-state index >= 15 is 0 Å². The zero-order valence-corrected chi connectivity index (χ0v) is 23.8. The molecule has 2 bridgehead atoms. The van der Waals surface area contributed by atoms with Gasteiger partial charge in [-0.25, -0.2) is 13.4 Å². The third kappa shape index (κ3) is 5.53. The van der Waals surface area contributed by atoms with Crippen LogP contribution in [0.5, 0.6) is 5.75 Å². The molecule has 3 heterocycles. The van der Waals surface area contributed by atoms with Gasteiger partial charge in [-0.2, -0.15) is 0 Å². The predicted octanol–water partition coefficient (Wildman–Crippen LogP) is 4.97. The van der Waals surface area contributed by atoms with E-state index in [9.17, 15) is 8.42 Å². The van der Waals surface area contributed by atoms with E-state index in [1.54, 1.807) is 30.5 Å². The summed E-state index contributed by atoms with van der Waals surface area (Å²) in [6.07, 6.45) is 9.71. The van der Waals surface area contributed by atoms with Crippen molar-refractivity contribution in [3.63, 3.8) is 0 Å². The van der Waals surface area contributed by atoms with E-state index in [0.29, 0.717) is 23.8 Å². The van der Waals surface area contributed by atoms with Crippen LogP contribution < -0.4 is 15.4 Å². The summed E-state index contributed by atoms with van der Waals surface area (Å²) in [5.41, 5.74) is 1.15. The van der Waals surface area contributed by atoms with Crippen LogP contribution in [0.4, 0.5) is 0 Å². The Hall–Kier alpha value is -3.20. The third-order valence-corrected chi connectivity index (χ3v) is 10.7. The average molecular weight is 559 g/mol. The van der Waals surface area contributed by atoms with Gasteiger partial charge in [-0.15, -0.1) is 0 Å². The number of rotatable bonds is 12. The summed E-state index contributed by atoms with van der Waals surface area (Å²) in [4.78, 5) is 4.53. The summed E-state index contributed by atoms with van der Waals surface area (Å²) < 4.78 is 36.4. The minimum atomic E-state index is -3.62. The first-order valence-electron chi connectivity index (χ1n) is 14.4. The number of ether oxygens (including phenoxy) is 1. The van der Waals surface area contributed by atoms with E-state index in [4.69, 9.17) is 4.74 Å². The van der Waals surface area contributed by atoms with Crippen LogP contribution in [0, 0.1) is 5.92 Å². The lowest BCUT2D eigenvalue weighted by atomic mass is 9.85. The van der Waals surface area contributed by atoms with Crippen molar-refractivity contribution in [2.24, 2.45) is 5.92 Å². The van der Waals surface area contributed by atoms with Crippen LogP contribution in [0.1, 0.15) is 38.2 Å². The van der Waals surface area contributed by atoms with Crippen LogP contribution in [-0.2, 0) is 22.9 Å². The number of hydrogen-bond acceptors (Lipinski definition) is 6. The fraction of sp³-hybridized carbons (Fsp3) is 0.406. The molecule has 210 valence electrons. The van der Waals surface area contributed by atoms with Crippen molar-refractivity contribution in [3.8, 4) is 5.75 Å². The highest BCUT2D eigenvalue weighted by atomic mass is 32.2. The van der Waals surface area contributed by atoms with Crippen LogP contribution in [0.2, 0.25) is 0 Å². The van der Waals surface area contributed by atoms with Crippen LogP contribution >= 0.6 is 0 Å². The minimum absolute atomic E-state index is 0.0833. The summed E-state index contributed by atoms with van der Waals surface area (Å²) in [6.45, 7) is 4.17. The molecule has 1 aromatic heterocycles. The topological polar surface area (TPSA) is 85.2 Å². The van der Waals surface area contributed by atoms with Crippen molar-refractivity contribution in [2.45, 2.75) is 74.0 Å². The second-order valence-electron chi connectivity index (χ2n) is 11.2. The van der Waals surface area contributed by atoms with Crippen molar-refractivity contribution in [2.75, 3.05) is 6.61 Å². The molecule has 0 amide bonds. The molecule has 8 heteroatoms. The van der Waals surface area contributed by atoms with Gasteiger partial charge in [0.1, 0.15) is 5.75 Å². The lowest BCUT2D eigenvalue weighted by molar-refractivity contribution is 0.306. The SMILES string of the molecule is CCCCCOc1ccc(S(=O)(=O)[C@@H]2[C@H]3N[C@H](C[C@@H]3Cn3ccnc3)[C@H]2NCc2ccc3ccccc3c2)cc1. The molecular weight excluding hydrogens is 520 g/mol. The molecule has 2 fully saturated rings. The van der Waals surface area contributed by atoms with E-state index in [-0.39, 0.29) is 24.0 Å². The monoisotopic (exact) mass is 558 g/mol. The molecule has 2 N–H and O–H groups in total. The molecule has 6 rings (SSSR count). The molecule has 40 heavy (non-hydrogen) atoms. The number of benzene rings is 3. The summed E-state index contributed by atoms with van der Waals surface area (Å²) in [5.74, 6) is 0.920. The molecule has 4 aromatic rings. The molecule has 7 nitrogen and oxygen atoms in total.